The van der Waals surface area contributed by atoms with Gasteiger partial charge in [-0.15, -0.1) is 11.3 Å². The first-order chi connectivity index (χ1) is 15.3. The highest BCUT2D eigenvalue weighted by Gasteiger charge is 2.28. The van der Waals surface area contributed by atoms with E-state index in [1.807, 2.05) is 6.07 Å². The van der Waals surface area contributed by atoms with Crippen molar-refractivity contribution in [1.29, 1.82) is 5.26 Å². The van der Waals surface area contributed by atoms with Gasteiger partial charge in [0.25, 0.3) is 0 Å². The van der Waals surface area contributed by atoms with E-state index in [2.05, 4.69) is 0 Å². The Bertz CT molecular complexity index is 1110. The summed E-state index contributed by atoms with van der Waals surface area (Å²) in [5, 5.41) is 9.99. The summed E-state index contributed by atoms with van der Waals surface area (Å²) < 4.78 is 15.4. The highest BCUT2D eigenvalue weighted by Crippen LogP contribution is 2.31. The molecule has 0 aliphatic carbocycles. The maximum Gasteiger partial charge on any atom is 0.348 e. The maximum atomic E-state index is 13.0. The van der Waals surface area contributed by atoms with Gasteiger partial charge >= 0.3 is 11.9 Å². The minimum atomic E-state index is -0.640. The Kier molecular flexibility index (Phi) is 9.00. The maximum absolute atomic E-state index is 13.0. The van der Waals surface area contributed by atoms with Crippen LogP contribution in [-0.2, 0) is 20.7 Å². The van der Waals surface area contributed by atoms with E-state index < -0.39 is 17.7 Å². The first-order valence-electron chi connectivity index (χ1n) is 9.72. The van der Waals surface area contributed by atoms with Crippen LogP contribution in [0.25, 0.3) is 6.08 Å². The molecule has 0 amide bonds. The number of hydrogen-bond acceptors (Lipinski definition) is 8. The lowest BCUT2D eigenvalue weighted by Crippen LogP contribution is -2.12. The van der Waals surface area contributed by atoms with Crippen LogP contribution in [0.3, 0.4) is 0 Å². The molecule has 1 aromatic heterocycles. The van der Waals surface area contributed by atoms with Crippen LogP contribution in [0.5, 0.6) is 5.75 Å². The minimum Gasteiger partial charge on any atom is -0.496 e. The molecule has 1 aromatic carbocycles. The van der Waals surface area contributed by atoms with Crippen molar-refractivity contribution in [2.45, 2.75) is 27.2 Å². The van der Waals surface area contributed by atoms with E-state index in [4.69, 9.17) is 25.8 Å². The van der Waals surface area contributed by atoms with Gasteiger partial charge in [0, 0.05) is 21.9 Å². The topological polar surface area (TPSA) is 103 Å². The van der Waals surface area contributed by atoms with Gasteiger partial charge < -0.3 is 14.2 Å². The number of hydrogen-bond donors (Lipinski definition) is 0. The molecule has 0 fully saturated rings. The summed E-state index contributed by atoms with van der Waals surface area (Å²) in [5.74, 6) is -1.31. The van der Waals surface area contributed by atoms with Crippen molar-refractivity contribution in [2.24, 2.45) is 0 Å². The minimum absolute atomic E-state index is 0.133. The van der Waals surface area contributed by atoms with E-state index >= 15 is 0 Å². The summed E-state index contributed by atoms with van der Waals surface area (Å²) in [4.78, 5) is 38.3. The standard InChI is InChI=1S/C23H22ClNO6S/c1-5-30-22(27)20-13(3)21(23(28)31-6-2)32-19(20)11-17(26)15(12-25)9-14-10-16(24)7-8-18(14)29-4/h7-10H,5-6,11H2,1-4H3/b15-9+. The summed E-state index contributed by atoms with van der Waals surface area (Å²) >= 11 is 7.01. The summed E-state index contributed by atoms with van der Waals surface area (Å²) in [6, 6.07) is 6.72. The molecule has 0 atom stereocenters. The second-order valence-corrected chi connectivity index (χ2v) is 7.99. The second-order valence-electron chi connectivity index (χ2n) is 6.45. The molecular weight excluding hydrogens is 454 g/mol. The predicted octanol–water partition coefficient (Wildman–Crippen LogP) is 4.79. The number of nitrogens with zero attached hydrogens (tertiary/aromatic N) is 1. The number of rotatable bonds is 9. The Balaban J connectivity index is 2.48. The number of ketones is 1. The van der Waals surface area contributed by atoms with Crippen molar-refractivity contribution in [2.75, 3.05) is 20.3 Å². The number of benzene rings is 1. The molecule has 168 valence electrons. The molecule has 0 radical (unpaired) electrons. The lowest BCUT2D eigenvalue weighted by Gasteiger charge is -2.07. The van der Waals surface area contributed by atoms with Crippen LogP contribution in [0.2, 0.25) is 5.02 Å². The van der Waals surface area contributed by atoms with Crippen LogP contribution in [0.15, 0.2) is 23.8 Å². The monoisotopic (exact) mass is 475 g/mol. The number of Topliss-reactive ketones (excluding diaryl/α,β-unsaturated/α-hetero) is 1. The molecule has 9 heteroatoms. The third-order valence-electron chi connectivity index (χ3n) is 4.39. The molecular formula is C23H22ClNO6S. The second kappa shape index (κ2) is 11.5. The third-order valence-corrected chi connectivity index (χ3v) is 5.90. The van der Waals surface area contributed by atoms with Crippen molar-refractivity contribution in [3.63, 3.8) is 0 Å². The molecule has 0 N–H and O–H groups in total. The highest BCUT2D eigenvalue weighted by atomic mass is 35.5. The van der Waals surface area contributed by atoms with Crippen molar-refractivity contribution >= 4 is 46.7 Å². The number of carbonyl (C=O) groups is 3. The van der Waals surface area contributed by atoms with Crippen molar-refractivity contribution in [3.8, 4) is 11.8 Å². The Morgan fingerprint density at radius 1 is 1.16 bits per heavy atom. The van der Waals surface area contributed by atoms with Gasteiger partial charge in [0.05, 0.1) is 31.5 Å². The average molecular weight is 476 g/mol. The van der Waals surface area contributed by atoms with Gasteiger partial charge in [0.2, 0.25) is 0 Å². The molecule has 0 unspecified atom stereocenters. The number of nitriles is 1. The number of ether oxygens (including phenoxy) is 3. The van der Waals surface area contributed by atoms with E-state index in [1.54, 1.807) is 39.0 Å². The molecule has 2 aromatic rings. The van der Waals surface area contributed by atoms with Gasteiger partial charge in [-0.1, -0.05) is 11.6 Å². The molecule has 0 aliphatic rings. The Morgan fingerprint density at radius 3 is 2.41 bits per heavy atom. The Labute approximate surface area is 195 Å². The lowest BCUT2D eigenvalue weighted by molar-refractivity contribution is -0.114. The van der Waals surface area contributed by atoms with Crippen LogP contribution >= 0.6 is 22.9 Å². The zero-order chi connectivity index (χ0) is 23.8. The quantitative estimate of drug-likeness (QED) is 0.292. The Morgan fingerprint density at radius 2 is 1.81 bits per heavy atom. The predicted molar refractivity (Wildman–Crippen MR) is 121 cm³/mol. The number of halogens is 1. The van der Waals surface area contributed by atoms with E-state index in [-0.39, 0.29) is 35.6 Å². The summed E-state index contributed by atoms with van der Waals surface area (Å²) in [6.07, 6.45) is 1.12. The number of thiophene rings is 1. The van der Waals surface area contributed by atoms with E-state index in [0.717, 1.165) is 11.3 Å². The largest absolute Gasteiger partial charge is 0.496 e. The van der Waals surface area contributed by atoms with Crippen molar-refractivity contribution in [1.82, 2.24) is 0 Å². The van der Waals surface area contributed by atoms with Gasteiger partial charge in [-0.2, -0.15) is 5.26 Å². The van der Waals surface area contributed by atoms with E-state index in [0.29, 0.717) is 26.8 Å². The Hall–Kier alpha value is -3.15. The fourth-order valence-corrected chi connectivity index (χ4v) is 4.32. The van der Waals surface area contributed by atoms with Crippen LogP contribution in [-0.4, -0.2) is 38.0 Å². The number of methoxy groups -OCH3 is 1. The van der Waals surface area contributed by atoms with Gasteiger partial charge in [-0.25, -0.2) is 9.59 Å². The molecule has 0 saturated heterocycles. The van der Waals surface area contributed by atoms with Gasteiger partial charge in [0.1, 0.15) is 16.7 Å². The van der Waals surface area contributed by atoms with Gasteiger partial charge in [-0.05, 0) is 50.6 Å². The zero-order valence-corrected chi connectivity index (χ0v) is 19.7. The van der Waals surface area contributed by atoms with Gasteiger partial charge in [-0.3, -0.25) is 4.79 Å². The number of esters is 2. The van der Waals surface area contributed by atoms with Crippen molar-refractivity contribution in [3.05, 3.63) is 55.2 Å². The SMILES string of the molecule is CCOC(=O)c1sc(CC(=O)/C(C#N)=C/c2cc(Cl)ccc2OC)c(C(=O)OCC)c1C. The smallest absolute Gasteiger partial charge is 0.348 e. The first-order valence-corrected chi connectivity index (χ1v) is 10.9. The normalized spacial score (nSPS) is 10.9. The van der Waals surface area contributed by atoms with E-state index in [9.17, 15) is 19.6 Å². The third kappa shape index (κ3) is 5.75. The zero-order valence-electron chi connectivity index (χ0n) is 18.1. The van der Waals surface area contributed by atoms with Crippen LogP contribution in [0, 0.1) is 18.3 Å². The summed E-state index contributed by atoms with van der Waals surface area (Å²) in [7, 11) is 1.46. The lowest BCUT2D eigenvalue weighted by atomic mass is 10.0. The van der Waals surface area contributed by atoms with Crippen LogP contribution in [0.1, 0.15) is 49.9 Å². The fraction of sp³-hybridized carbons (Fsp3) is 0.304. The molecule has 0 aliphatic heterocycles. The average Bonchev–Trinajstić information content (AvgIpc) is 3.08. The molecule has 0 saturated carbocycles. The molecule has 32 heavy (non-hydrogen) atoms. The fourth-order valence-electron chi connectivity index (χ4n) is 2.95. The molecule has 1 heterocycles. The van der Waals surface area contributed by atoms with E-state index in [1.165, 1.54) is 13.2 Å². The molecule has 2 rings (SSSR count). The van der Waals surface area contributed by atoms with Crippen LogP contribution in [0.4, 0.5) is 0 Å². The first kappa shape index (κ1) is 25.1. The van der Waals surface area contributed by atoms with Gasteiger partial charge in [0.15, 0.2) is 5.78 Å². The molecule has 0 spiro atoms. The van der Waals surface area contributed by atoms with Crippen molar-refractivity contribution < 1.29 is 28.6 Å². The number of carbonyl (C=O) groups excluding carboxylic acids is 3. The number of allylic oxidation sites excluding steroid dienone is 1. The highest BCUT2D eigenvalue weighted by molar-refractivity contribution is 7.14. The molecule has 0 bridgehead atoms. The molecule has 7 nitrogen and oxygen atoms in total. The van der Waals surface area contributed by atoms with Crippen LogP contribution < -0.4 is 4.74 Å². The summed E-state index contributed by atoms with van der Waals surface area (Å²) in [5.41, 5.74) is 0.841. The summed E-state index contributed by atoms with van der Waals surface area (Å²) in [6.45, 7) is 5.23.